The van der Waals surface area contributed by atoms with E-state index in [1.54, 1.807) is 48.5 Å². The summed E-state index contributed by atoms with van der Waals surface area (Å²) < 4.78 is 18.8. The van der Waals surface area contributed by atoms with Gasteiger partial charge in [-0.15, -0.1) is 0 Å². The number of urea groups is 1. The van der Waals surface area contributed by atoms with Crippen molar-refractivity contribution >= 4 is 17.5 Å². The first-order valence-corrected chi connectivity index (χ1v) is 9.19. The van der Waals surface area contributed by atoms with Crippen molar-refractivity contribution in [2.24, 2.45) is 0 Å². The van der Waals surface area contributed by atoms with Crippen LogP contribution in [0.3, 0.4) is 0 Å². The van der Waals surface area contributed by atoms with Crippen LogP contribution < -0.4 is 10.6 Å². The molecule has 0 aliphatic rings. The number of halogens is 1. The molecule has 1 heterocycles. The summed E-state index contributed by atoms with van der Waals surface area (Å²) in [4.78, 5) is 12.1. The average molecular weight is 391 g/mol. The zero-order valence-electron chi connectivity index (χ0n) is 16.5. The third-order valence-corrected chi connectivity index (χ3v) is 4.10. The monoisotopic (exact) mass is 391 g/mol. The Labute approximate surface area is 169 Å². The molecule has 2 amide bonds. The maximum Gasteiger partial charge on any atom is 0.324 e. The minimum atomic E-state index is -0.419. The van der Waals surface area contributed by atoms with E-state index >= 15 is 0 Å². The van der Waals surface area contributed by atoms with E-state index in [2.05, 4.69) is 27.6 Å². The smallest absolute Gasteiger partial charge is 0.324 e. The molecule has 2 N–H and O–H groups in total. The molecular weight excluding hydrogens is 369 g/mol. The number of hydrogen-bond donors (Lipinski definition) is 2. The number of rotatable bonds is 3. The van der Waals surface area contributed by atoms with Crippen molar-refractivity contribution < 1.29 is 13.7 Å². The highest BCUT2D eigenvalue weighted by Crippen LogP contribution is 2.24. The lowest BCUT2D eigenvalue weighted by Gasteiger charge is -2.12. The van der Waals surface area contributed by atoms with Crippen molar-refractivity contribution in [2.45, 2.75) is 32.6 Å². The van der Waals surface area contributed by atoms with E-state index in [1.807, 2.05) is 20.8 Å². The largest absolute Gasteiger partial charge is 0.359 e. The van der Waals surface area contributed by atoms with Crippen molar-refractivity contribution in [2.75, 3.05) is 10.6 Å². The van der Waals surface area contributed by atoms with Gasteiger partial charge in [0.2, 0.25) is 0 Å². The van der Waals surface area contributed by atoms with Gasteiger partial charge >= 0.3 is 6.03 Å². The Morgan fingerprint density at radius 3 is 2.48 bits per heavy atom. The molecule has 2 aromatic carbocycles. The van der Waals surface area contributed by atoms with Crippen LogP contribution >= 0.6 is 0 Å². The number of anilines is 2. The topological polar surface area (TPSA) is 67.2 Å². The molecule has 0 aliphatic carbocycles. The quantitative estimate of drug-likeness (QED) is 0.592. The first kappa shape index (κ1) is 20.2. The molecule has 0 spiro atoms. The molecule has 1 aromatic heterocycles. The SMILES string of the molecule is CC(C)(C)c1cc(NC(=O)Nc2ccc(C#CCc3ccccc3F)cc2)no1. The zero-order chi connectivity index (χ0) is 20.9. The van der Waals surface area contributed by atoms with E-state index in [-0.39, 0.29) is 11.2 Å². The van der Waals surface area contributed by atoms with Crippen LogP contribution in [0.2, 0.25) is 0 Å². The minimum absolute atomic E-state index is 0.188. The molecule has 0 radical (unpaired) electrons. The molecule has 0 saturated carbocycles. The third kappa shape index (κ3) is 5.69. The molecule has 148 valence electrons. The lowest BCUT2D eigenvalue weighted by molar-refractivity contribution is 0.262. The Balaban J connectivity index is 1.55. The molecule has 6 heteroatoms. The fraction of sp³-hybridized carbons (Fsp3) is 0.217. The first-order valence-electron chi connectivity index (χ1n) is 9.19. The molecule has 3 aromatic rings. The van der Waals surface area contributed by atoms with Crippen LogP contribution in [0, 0.1) is 17.7 Å². The molecule has 3 rings (SSSR count). The van der Waals surface area contributed by atoms with Crippen LogP contribution in [0.5, 0.6) is 0 Å². The summed E-state index contributed by atoms with van der Waals surface area (Å²) in [6.07, 6.45) is 0.337. The van der Waals surface area contributed by atoms with Gasteiger partial charge in [0.1, 0.15) is 11.6 Å². The van der Waals surface area contributed by atoms with Gasteiger partial charge in [-0.3, -0.25) is 5.32 Å². The van der Waals surface area contributed by atoms with Crippen LogP contribution in [-0.4, -0.2) is 11.2 Å². The van der Waals surface area contributed by atoms with Gasteiger partial charge < -0.3 is 9.84 Å². The zero-order valence-corrected chi connectivity index (χ0v) is 16.5. The molecule has 29 heavy (non-hydrogen) atoms. The van der Waals surface area contributed by atoms with E-state index in [0.717, 1.165) is 5.56 Å². The van der Waals surface area contributed by atoms with Gasteiger partial charge in [-0.25, -0.2) is 9.18 Å². The number of nitrogens with one attached hydrogen (secondary N) is 2. The van der Waals surface area contributed by atoms with Crippen molar-refractivity contribution in [3.05, 3.63) is 77.3 Å². The van der Waals surface area contributed by atoms with E-state index < -0.39 is 6.03 Å². The Morgan fingerprint density at radius 1 is 1.10 bits per heavy atom. The number of hydrogen-bond acceptors (Lipinski definition) is 3. The molecule has 0 bridgehead atoms. The van der Waals surface area contributed by atoms with Crippen molar-refractivity contribution in [1.29, 1.82) is 0 Å². The van der Waals surface area contributed by atoms with Crippen LogP contribution in [-0.2, 0) is 11.8 Å². The third-order valence-electron chi connectivity index (χ3n) is 4.10. The van der Waals surface area contributed by atoms with Gasteiger partial charge in [0.05, 0.1) is 0 Å². The summed E-state index contributed by atoms with van der Waals surface area (Å²) in [5.74, 6) is 6.73. The molecule has 0 saturated heterocycles. The van der Waals surface area contributed by atoms with E-state index in [4.69, 9.17) is 4.52 Å². The van der Waals surface area contributed by atoms with Crippen molar-refractivity contribution in [3.8, 4) is 11.8 Å². The number of benzene rings is 2. The average Bonchev–Trinajstić information content (AvgIpc) is 3.13. The van der Waals surface area contributed by atoms with Crippen molar-refractivity contribution in [3.63, 3.8) is 0 Å². The molecular formula is C23H22FN3O2. The lowest BCUT2D eigenvalue weighted by atomic mass is 9.93. The highest BCUT2D eigenvalue weighted by atomic mass is 19.1. The number of carbonyl (C=O) groups is 1. The second kappa shape index (κ2) is 8.61. The standard InChI is InChI=1S/C23H22FN3O2/c1-23(2,3)20-15-21(27-29-20)26-22(28)25-18-13-11-16(12-14-18)7-6-9-17-8-4-5-10-19(17)24/h4-5,8,10-15H,9H2,1-3H3,(H2,25,26,27,28). The van der Waals surface area contributed by atoms with E-state index in [9.17, 15) is 9.18 Å². The van der Waals surface area contributed by atoms with Gasteiger partial charge in [-0.05, 0) is 35.9 Å². The predicted molar refractivity (Wildman–Crippen MR) is 111 cm³/mol. The Hall–Kier alpha value is -3.59. The first-order chi connectivity index (χ1) is 13.8. The molecule has 0 aliphatic heterocycles. The summed E-state index contributed by atoms with van der Waals surface area (Å²) >= 11 is 0. The molecule has 5 nitrogen and oxygen atoms in total. The van der Waals surface area contributed by atoms with Gasteiger partial charge in [0, 0.05) is 29.2 Å². The maximum absolute atomic E-state index is 13.6. The highest BCUT2D eigenvalue weighted by Gasteiger charge is 2.20. The summed E-state index contributed by atoms with van der Waals surface area (Å²) in [5.41, 5.74) is 1.77. The maximum atomic E-state index is 13.6. The predicted octanol–water partition coefficient (Wildman–Crippen LogP) is 5.35. The molecule has 0 atom stereocenters. The van der Waals surface area contributed by atoms with Crippen LogP contribution in [0.15, 0.2) is 59.1 Å². The van der Waals surface area contributed by atoms with Gasteiger partial charge in [0.25, 0.3) is 0 Å². The van der Waals surface area contributed by atoms with Crippen LogP contribution in [0.25, 0.3) is 0 Å². The van der Waals surface area contributed by atoms with Gasteiger partial charge in [-0.1, -0.05) is 56.0 Å². The Bertz CT molecular complexity index is 1050. The Morgan fingerprint density at radius 2 is 1.83 bits per heavy atom. The molecule has 0 fully saturated rings. The summed E-state index contributed by atoms with van der Waals surface area (Å²) in [6.45, 7) is 5.99. The molecule has 0 unspecified atom stereocenters. The summed E-state index contributed by atoms with van der Waals surface area (Å²) in [7, 11) is 0. The normalized spacial score (nSPS) is 10.8. The lowest BCUT2D eigenvalue weighted by Crippen LogP contribution is -2.19. The fourth-order valence-corrected chi connectivity index (χ4v) is 2.49. The number of amides is 2. The highest BCUT2D eigenvalue weighted by molar-refractivity contribution is 5.99. The second-order valence-corrected chi connectivity index (χ2v) is 7.55. The van der Waals surface area contributed by atoms with E-state index in [0.29, 0.717) is 29.2 Å². The van der Waals surface area contributed by atoms with Gasteiger partial charge in [-0.2, -0.15) is 0 Å². The van der Waals surface area contributed by atoms with E-state index in [1.165, 1.54) is 6.07 Å². The second-order valence-electron chi connectivity index (χ2n) is 7.55. The number of carbonyl (C=O) groups excluding carboxylic acids is 1. The minimum Gasteiger partial charge on any atom is -0.359 e. The van der Waals surface area contributed by atoms with Crippen LogP contribution in [0.4, 0.5) is 20.7 Å². The summed E-state index contributed by atoms with van der Waals surface area (Å²) in [6, 6.07) is 14.9. The number of aromatic nitrogens is 1. The fourth-order valence-electron chi connectivity index (χ4n) is 2.49. The summed E-state index contributed by atoms with van der Waals surface area (Å²) in [5, 5.41) is 9.21. The van der Waals surface area contributed by atoms with Crippen molar-refractivity contribution in [1.82, 2.24) is 5.16 Å². The van der Waals surface area contributed by atoms with Crippen LogP contribution in [0.1, 0.15) is 37.7 Å². The number of nitrogens with zero attached hydrogens (tertiary/aromatic N) is 1. The Kier molecular flexibility index (Phi) is 5.99. The van der Waals surface area contributed by atoms with Gasteiger partial charge in [0.15, 0.2) is 5.82 Å².